The quantitative estimate of drug-likeness (QED) is 0.0900. The molecule has 3 heterocycles. The molecule has 46 heavy (non-hydrogen) atoms. The van der Waals surface area contributed by atoms with Gasteiger partial charge in [0.15, 0.2) is 5.78 Å². The minimum Gasteiger partial charge on any atom is -0.512 e. The Kier molecular flexibility index (Phi) is 11.9. The molecule has 3 aromatic heterocycles. The molecule has 0 fully saturated rings. The minimum atomic E-state index is 0. The number of hydrogen-bond donors (Lipinski definition) is 1. The first kappa shape index (κ1) is 35.0. The molecule has 0 bridgehead atoms. The van der Waals surface area contributed by atoms with Crippen LogP contribution in [0.4, 0.5) is 0 Å². The summed E-state index contributed by atoms with van der Waals surface area (Å²) in [5.74, 6) is 0.955. The van der Waals surface area contributed by atoms with E-state index < -0.39 is 0 Å². The number of para-hydroxylation sites is 1. The van der Waals surface area contributed by atoms with Crippen molar-refractivity contribution in [3.8, 4) is 11.3 Å². The normalized spacial score (nSPS) is 11.9. The minimum absolute atomic E-state index is 0. The van der Waals surface area contributed by atoms with Crippen LogP contribution in [0.2, 0.25) is 0 Å². The van der Waals surface area contributed by atoms with Crippen LogP contribution in [0.25, 0.3) is 49.6 Å². The molecule has 0 aliphatic heterocycles. The summed E-state index contributed by atoms with van der Waals surface area (Å²) in [6.07, 6.45) is 6.76. The Balaban J connectivity index is 0.000000259. The third-order valence-electron chi connectivity index (χ3n) is 8.95. The van der Waals surface area contributed by atoms with Crippen molar-refractivity contribution in [3.05, 3.63) is 102 Å². The van der Waals surface area contributed by atoms with Gasteiger partial charge < -0.3 is 5.11 Å². The van der Waals surface area contributed by atoms with E-state index in [9.17, 15) is 9.90 Å². The van der Waals surface area contributed by atoms with Crippen LogP contribution < -0.4 is 0 Å². The number of aromatic nitrogens is 3. The van der Waals surface area contributed by atoms with Crippen LogP contribution in [-0.2, 0) is 24.9 Å². The molecule has 0 aliphatic rings. The third-order valence-corrected chi connectivity index (χ3v) is 8.95. The van der Waals surface area contributed by atoms with Gasteiger partial charge in [0.1, 0.15) is 5.65 Å². The summed E-state index contributed by atoms with van der Waals surface area (Å²) in [4.78, 5) is 21.4. The van der Waals surface area contributed by atoms with E-state index in [1.807, 2.05) is 40.0 Å². The van der Waals surface area contributed by atoms with Crippen LogP contribution in [-0.4, -0.2) is 25.3 Å². The monoisotopic (exact) mass is 791 g/mol. The molecule has 6 heteroatoms. The van der Waals surface area contributed by atoms with Gasteiger partial charge in [0.05, 0.1) is 22.3 Å². The van der Waals surface area contributed by atoms with Gasteiger partial charge in [-0.3, -0.25) is 14.2 Å². The molecular weight excluding hydrogens is 747 g/mol. The van der Waals surface area contributed by atoms with Crippen molar-refractivity contribution in [1.82, 2.24) is 14.4 Å². The van der Waals surface area contributed by atoms with Crippen molar-refractivity contribution in [2.24, 2.45) is 11.8 Å². The molecule has 6 aromatic rings. The number of benzene rings is 3. The van der Waals surface area contributed by atoms with Crippen LogP contribution in [0.15, 0.2) is 90.8 Å². The van der Waals surface area contributed by atoms with Crippen LogP contribution in [0.1, 0.15) is 78.7 Å². The summed E-state index contributed by atoms with van der Waals surface area (Å²) >= 11 is 0. The maximum absolute atomic E-state index is 11.7. The number of ketones is 1. The first-order valence-electron chi connectivity index (χ1n) is 16.4. The number of hydrogen-bond acceptors (Lipinski definition) is 4. The van der Waals surface area contributed by atoms with Crippen LogP contribution >= 0.6 is 0 Å². The molecular formula is C40H44IrN3O2-. The molecule has 0 amide bonds. The summed E-state index contributed by atoms with van der Waals surface area (Å²) in [6, 6.07) is 29.0. The number of aliphatic hydroxyl groups is 1. The fourth-order valence-corrected chi connectivity index (χ4v) is 6.23. The largest absolute Gasteiger partial charge is 0.512 e. The third kappa shape index (κ3) is 7.09. The van der Waals surface area contributed by atoms with Gasteiger partial charge in [0.25, 0.3) is 0 Å². The van der Waals surface area contributed by atoms with Gasteiger partial charge in [0.2, 0.25) is 0 Å². The molecule has 0 atom stereocenters. The first-order valence-corrected chi connectivity index (χ1v) is 16.4. The van der Waals surface area contributed by atoms with Gasteiger partial charge in [-0.15, -0.1) is 29.1 Å². The average molecular weight is 791 g/mol. The second-order valence-electron chi connectivity index (χ2n) is 12.1. The molecule has 6 rings (SSSR count). The van der Waals surface area contributed by atoms with E-state index >= 15 is 0 Å². The Morgan fingerprint density at radius 3 is 2.26 bits per heavy atom. The Hall–Kier alpha value is -3.86. The molecule has 3 aromatic carbocycles. The number of nitrogens with zero attached hydrogens (tertiary/aromatic N) is 3. The van der Waals surface area contributed by atoms with E-state index in [2.05, 4.69) is 91.0 Å². The smallest absolute Gasteiger partial charge is 0.162 e. The number of pyridine rings is 2. The van der Waals surface area contributed by atoms with Crippen LogP contribution in [0.5, 0.6) is 0 Å². The number of fused-ring (bicyclic) bond motifs is 6. The Morgan fingerprint density at radius 2 is 1.57 bits per heavy atom. The van der Waals surface area contributed by atoms with E-state index in [0.29, 0.717) is 5.92 Å². The zero-order valence-electron chi connectivity index (χ0n) is 27.7. The van der Waals surface area contributed by atoms with Crippen molar-refractivity contribution in [2.45, 2.75) is 73.1 Å². The summed E-state index contributed by atoms with van der Waals surface area (Å²) in [5, 5.41) is 13.3. The molecule has 0 saturated heterocycles. The average Bonchev–Trinajstić information content (AvgIpc) is 3.45. The number of aliphatic hydroxyl groups excluding tert-OH is 1. The number of imidazole rings is 1. The van der Waals surface area contributed by atoms with Gasteiger partial charge in [-0.2, -0.15) is 0 Å². The zero-order chi connectivity index (χ0) is 32.1. The predicted molar refractivity (Wildman–Crippen MR) is 188 cm³/mol. The number of rotatable bonds is 9. The Morgan fingerprint density at radius 1 is 0.891 bits per heavy atom. The Labute approximate surface area is 286 Å². The van der Waals surface area contributed by atoms with Crippen molar-refractivity contribution >= 4 is 44.1 Å². The molecule has 1 N–H and O–H groups in total. The Bertz CT molecular complexity index is 1980. The number of allylic oxidation sites excluding steroid dienone is 2. The SMILES string of the molecule is CC(C)c1cc(-c2nccc3nc4ccc5ccccc5n4c23)[c-]c2ccccc12.CCC(CC)C(=O)/C=C(\O)C(CC)CC.[Ir]. The summed E-state index contributed by atoms with van der Waals surface area (Å²) in [6.45, 7) is 12.5. The summed E-state index contributed by atoms with van der Waals surface area (Å²) in [7, 11) is 0. The molecule has 0 aliphatic carbocycles. The standard InChI is InChI=1S/C27H20N3.C13H24O2.Ir/c1-17(2)22-16-20(15-19-8-3-5-9-21(19)22)26-27-23(13-14-28-26)29-25-12-11-18-7-4-6-10-24(18)30(25)27;1-5-10(6-2)12(14)9-13(15)11(7-3)8-4;/h3-14,16-17H,1-2H3;9-11,14H,5-8H2,1-4H3;/q-1;;/b;12-9-;. The molecule has 1 radical (unpaired) electrons. The fourth-order valence-electron chi connectivity index (χ4n) is 6.23. The van der Waals surface area contributed by atoms with E-state index in [4.69, 9.17) is 9.97 Å². The topological polar surface area (TPSA) is 67.5 Å². The van der Waals surface area contributed by atoms with Gasteiger partial charge in [0, 0.05) is 49.9 Å². The molecule has 5 nitrogen and oxygen atoms in total. The van der Waals surface area contributed by atoms with Gasteiger partial charge in [-0.25, -0.2) is 4.98 Å². The van der Waals surface area contributed by atoms with Gasteiger partial charge in [-0.05, 0) is 61.3 Å². The maximum Gasteiger partial charge on any atom is 0.162 e. The number of carbonyl (C=O) groups excluding carboxylic acids is 1. The van der Waals surface area contributed by atoms with Crippen LogP contribution in [0.3, 0.4) is 0 Å². The summed E-state index contributed by atoms with van der Waals surface area (Å²) < 4.78 is 2.23. The molecule has 0 spiro atoms. The van der Waals surface area contributed by atoms with Crippen molar-refractivity contribution in [3.63, 3.8) is 0 Å². The van der Waals surface area contributed by atoms with E-state index in [1.54, 1.807) is 0 Å². The van der Waals surface area contributed by atoms with E-state index in [0.717, 1.165) is 64.5 Å². The zero-order valence-corrected chi connectivity index (χ0v) is 30.1. The van der Waals surface area contributed by atoms with E-state index in [1.165, 1.54) is 22.4 Å². The second-order valence-corrected chi connectivity index (χ2v) is 12.1. The summed E-state index contributed by atoms with van der Waals surface area (Å²) in [5.41, 5.74) is 7.30. The van der Waals surface area contributed by atoms with Crippen molar-refractivity contribution in [2.75, 3.05) is 0 Å². The van der Waals surface area contributed by atoms with E-state index in [-0.39, 0.29) is 43.5 Å². The van der Waals surface area contributed by atoms with Gasteiger partial charge in [-0.1, -0.05) is 88.9 Å². The number of carbonyl (C=O) groups is 1. The van der Waals surface area contributed by atoms with Crippen LogP contribution in [0, 0.1) is 17.9 Å². The molecule has 0 saturated carbocycles. The second kappa shape index (κ2) is 15.6. The fraction of sp³-hybridized carbons (Fsp3) is 0.325. The predicted octanol–water partition coefficient (Wildman–Crippen LogP) is 10.6. The molecule has 241 valence electrons. The van der Waals surface area contributed by atoms with Crippen molar-refractivity contribution in [1.29, 1.82) is 0 Å². The van der Waals surface area contributed by atoms with Crippen molar-refractivity contribution < 1.29 is 30.0 Å². The first-order chi connectivity index (χ1) is 21.8. The van der Waals surface area contributed by atoms with Gasteiger partial charge >= 0.3 is 0 Å². The maximum atomic E-state index is 11.7. The molecule has 0 unspecified atom stereocenters.